The summed E-state index contributed by atoms with van der Waals surface area (Å²) in [6, 6.07) is 3.75. The normalized spacial score (nSPS) is 11.2. The molecular formula is C25H44I4O6P2S2. The molecule has 0 aliphatic rings. The molecule has 0 saturated carbocycles. The third-order valence-corrected chi connectivity index (χ3v) is 13.1. The number of rotatable bonds is 18. The molecule has 0 bridgehead atoms. The van der Waals surface area contributed by atoms with Crippen molar-refractivity contribution in [2.75, 3.05) is 26.4 Å². The summed E-state index contributed by atoms with van der Waals surface area (Å²) in [5.41, 5.74) is 0. The van der Waals surface area contributed by atoms with Gasteiger partial charge in [0.05, 0.1) is 42.8 Å². The molecule has 14 heteroatoms. The Kier molecular flexibility index (Phi) is 30.3. The van der Waals surface area contributed by atoms with Crippen molar-refractivity contribution in [2.45, 2.75) is 86.5 Å². The van der Waals surface area contributed by atoms with Crippen LogP contribution in [-0.2, 0) is 27.2 Å². The molecule has 39 heavy (non-hydrogen) atoms. The molecule has 230 valence electrons. The Hall–Kier alpha value is 2.62. The summed E-state index contributed by atoms with van der Waals surface area (Å²) in [6.07, 6.45) is 7.71. The Morgan fingerprint density at radius 1 is 0.744 bits per heavy atom. The second-order valence-corrected chi connectivity index (χ2v) is 17.5. The Bertz CT molecular complexity index is 904. The molecule has 0 saturated heterocycles. The van der Waals surface area contributed by atoms with Crippen LogP contribution in [0.5, 0.6) is 0 Å². The highest BCUT2D eigenvalue weighted by Crippen LogP contribution is 2.50. The van der Waals surface area contributed by atoms with E-state index in [2.05, 4.69) is 110 Å². The van der Waals surface area contributed by atoms with Crippen molar-refractivity contribution in [1.29, 1.82) is 0 Å². The van der Waals surface area contributed by atoms with Gasteiger partial charge in [0.1, 0.15) is 0 Å². The van der Waals surface area contributed by atoms with Crippen LogP contribution in [0.1, 0.15) is 86.5 Å². The highest BCUT2D eigenvalue weighted by Gasteiger charge is 2.31. The number of hydrogen-bond donors (Lipinski definition) is 0. The fourth-order valence-corrected chi connectivity index (χ4v) is 12.2. The van der Waals surface area contributed by atoms with Gasteiger partial charge in [-0.3, -0.25) is 9.13 Å². The van der Waals surface area contributed by atoms with Gasteiger partial charge in [-0.15, -0.1) is 11.3 Å². The van der Waals surface area contributed by atoms with E-state index in [1.165, 1.54) is 11.3 Å². The van der Waals surface area contributed by atoms with Crippen molar-refractivity contribution in [2.24, 2.45) is 0 Å². The van der Waals surface area contributed by atoms with Gasteiger partial charge in [0.25, 0.3) is 0 Å². The summed E-state index contributed by atoms with van der Waals surface area (Å²) in [4.78, 5) is 0. The van der Waals surface area contributed by atoms with Crippen LogP contribution in [0.2, 0.25) is 0 Å². The molecule has 0 aliphatic heterocycles. The molecule has 2 heterocycles. The highest BCUT2D eigenvalue weighted by molar-refractivity contribution is 15.0. The fraction of sp³-hybridized carbons (Fsp3) is 0.680. The summed E-state index contributed by atoms with van der Waals surface area (Å²) >= 11 is 11.8. The Morgan fingerprint density at radius 3 is 1.46 bits per heavy atom. The average molecular weight is 1070 g/mol. The molecule has 6 nitrogen and oxygen atoms in total. The lowest BCUT2D eigenvalue weighted by molar-refractivity contribution is 0.208. The topological polar surface area (TPSA) is 71.1 Å². The van der Waals surface area contributed by atoms with Crippen molar-refractivity contribution in [3.63, 3.8) is 0 Å². The maximum absolute atomic E-state index is 13.0. The molecule has 0 fully saturated rings. The molecule has 0 aromatic carbocycles. The predicted octanol–water partition coefficient (Wildman–Crippen LogP) is 12.0. The lowest BCUT2D eigenvalue weighted by Gasteiger charge is -2.18. The standard InChI is InChI=1S/C12H19I2O3PS.C12H21O3PS.CH4.I2/c1-3-5-7-16-18(15,17-8-6-4-2)10-9-11(13)19-12(10)14;1-3-5-8-14-16(13,15-9-6-4-2)12-7-10-17-11-12;;1-2/h9H,3-8H2,1-2H3;7,10-11H,3-6,8-9H2,1-2H3;1H4;. The van der Waals surface area contributed by atoms with E-state index in [0.29, 0.717) is 31.7 Å². The van der Waals surface area contributed by atoms with E-state index in [1.54, 1.807) is 11.3 Å². The first-order valence-corrected chi connectivity index (χ1v) is 26.0. The first kappa shape index (κ1) is 43.7. The SMILES string of the molecule is C.CCCCOP(=O)(OCCCC)c1cc(I)sc1I.CCCCOP(=O)(OCCCC)c1ccsc1.II. The van der Waals surface area contributed by atoms with Gasteiger partial charge in [0.15, 0.2) is 0 Å². The largest absolute Gasteiger partial charge is 0.363 e. The smallest absolute Gasteiger partial charge is 0.305 e. The van der Waals surface area contributed by atoms with Gasteiger partial charge in [-0.25, -0.2) is 0 Å². The predicted molar refractivity (Wildman–Crippen MR) is 207 cm³/mol. The van der Waals surface area contributed by atoms with Crippen LogP contribution in [0.4, 0.5) is 0 Å². The Labute approximate surface area is 295 Å². The third-order valence-electron chi connectivity index (χ3n) is 4.79. The minimum atomic E-state index is -3.15. The molecule has 0 spiro atoms. The van der Waals surface area contributed by atoms with E-state index in [9.17, 15) is 9.13 Å². The molecule has 0 radical (unpaired) electrons. The van der Waals surface area contributed by atoms with Crippen molar-refractivity contribution >= 4 is 131 Å². The number of hydrogen-bond acceptors (Lipinski definition) is 8. The monoisotopic (exact) mass is 1070 g/mol. The van der Waals surface area contributed by atoms with Crippen LogP contribution in [0, 0.1) is 5.77 Å². The lowest BCUT2D eigenvalue weighted by atomic mass is 10.4. The minimum Gasteiger partial charge on any atom is -0.305 e. The van der Waals surface area contributed by atoms with Crippen LogP contribution in [0.25, 0.3) is 0 Å². The summed E-state index contributed by atoms with van der Waals surface area (Å²) in [5, 5.41) is 5.16. The van der Waals surface area contributed by atoms with E-state index in [1.807, 2.05) is 22.9 Å². The highest BCUT2D eigenvalue weighted by atomic mass is 128. The number of unbranched alkanes of at least 4 members (excludes halogenated alkanes) is 4. The van der Waals surface area contributed by atoms with Gasteiger partial charge in [0.2, 0.25) is 0 Å². The minimum absolute atomic E-state index is 0. The van der Waals surface area contributed by atoms with Crippen LogP contribution in [0.15, 0.2) is 22.9 Å². The molecule has 2 aromatic heterocycles. The fourth-order valence-electron chi connectivity index (χ4n) is 2.61. The molecule has 0 atom stereocenters. The first-order valence-electron chi connectivity index (χ1n) is 12.7. The number of thiophene rings is 2. The van der Waals surface area contributed by atoms with E-state index in [4.69, 9.17) is 18.1 Å². The van der Waals surface area contributed by atoms with E-state index < -0.39 is 15.2 Å². The molecule has 0 unspecified atom stereocenters. The second kappa shape index (κ2) is 27.0. The van der Waals surface area contributed by atoms with E-state index in [-0.39, 0.29) is 7.43 Å². The zero-order valence-corrected chi connectivity index (χ0v) is 34.5. The van der Waals surface area contributed by atoms with Crippen molar-refractivity contribution in [1.82, 2.24) is 0 Å². The molecule has 2 rings (SSSR count). The van der Waals surface area contributed by atoms with E-state index in [0.717, 1.165) is 62.4 Å². The summed E-state index contributed by atoms with van der Waals surface area (Å²) in [5.74, 6) is 0. The summed E-state index contributed by atoms with van der Waals surface area (Å²) in [7, 11) is -6.22. The quantitative estimate of drug-likeness (QED) is 0.0842. The van der Waals surface area contributed by atoms with Crippen LogP contribution >= 0.6 is 120 Å². The van der Waals surface area contributed by atoms with Crippen LogP contribution in [0.3, 0.4) is 0 Å². The van der Waals surface area contributed by atoms with E-state index >= 15 is 0 Å². The zero-order valence-electron chi connectivity index (χ0n) is 22.5. The maximum atomic E-state index is 13.0. The first-order chi connectivity index (χ1) is 18.3. The molecule has 0 amide bonds. The van der Waals surface area contributed by atoms with Crippen molar-refractivity contribution < 1.29 is 27.2 Å². The van der Waals surface area contributed by atoms with Crippen LogP contribution in [-0.4, -0.2) is 26.4 Å². The Morgan fingerprint density at radius 2 is 1.15 bits per heavy atom. The van der Waals surface area contributed by atoms with Crippen LogP contribution < -0.4 is 10.6 Å². The zero-order chi connectivity index (χ0) is 28.9. The number of halogens is 4. The van der Waals surface area contributed by atoms with Gasteiger partial charge in [-0.1, -0.05) is 60.8 Å². The van der Waals surface area contributed by atoms with Gasteiger partial charge < -0.3 is 18.1 Å². The third kappa shape index (κ3) is 18.2. The molecule has 0 aliphatic carbocycles. The lowest BCUT2D eigenvalue weighted by Crippen LogP contribution is -2.12. The maximum Gasteiger partial charge on any atom is 0.363 e. The van der Waals surface area contributed by atoms with Crippen molar-refractivity contribution in [3.05, 3.63) is 28.7 Å². The second-order valence-electron chi connectivity index (χ2n) is 7.93. The molecular weight excluding hydrogens is 1030 g/mol. The van der Waals surface area contributed by atoms with Gasteiger partial charge in [0, 0.05) is 42.6 Å². The summed E-state index contributed by atoms with van der Waals surface area (Å²) in [6.45, 7) is 10.3. The van der Waals surface area contributed by atoms with Crippen molar-refractivity contribution in [3.8, 4) is 0 Å². The van der Waals surface area contributed by atoms with Gasteiger partial charge in [-0.2, -0.15) is 11.3 Å². The van der Waals surface area contributed by atoms with Gasteiger partial charge >= 0.3 is 15.2 Å². The average Bonchev–Trinajstić information content (AvgIpc) is 3.57. The van der Waals surface area contributed by atoms with Gasteiger partial charge in [-0.05, 0) is 88.4 Å². The molecule has 2 aromatic rings. The summed E-state index contributed by atoms with van der Waals surface area (Å²) < 4.78 is 49.9. The Balaban J connectivity index is 0. The molecule has 0 N–H and O–H groups in total.